The van der Waals surface area contributed by atoms with Gasteiger partial charge in [-0.3, -0.25) is 14.5 Å². The first-order chi connectivity index (χ1) is 15.5. The minimum Gasteiger partial charge on any atom is -0.486 e. The lowest BCUT2D eigenvalue weighted by Gasteiger charge is -2.31. The summed E-state index contributed by atoms with van der Waals surface area (Å²) in [4.78, 5) is 26.0. The Labute approximate surface area is 192 Å². The molecular formula is C24H26ClN3O4. The average molecular weight is 456 g/mol. The molecule has 1 unspecified atom stereocenters. The Balaban J connectivity index is 1.32. The first-order valence-corrected chi connectivity index (χ1v) is 11.0. The molecule has 1 atom stereocenters. The molecule has 32 heavy (non-hydrogen) atoms. The lowest BCUT2D eigenvalue weighted by atomic mass is 9.97. The van der Waals surface area contributed by atoms with E-state index in [1.165, 1.54) is 6.08 Å². The molecule has 1 saturated heterocycles. The topological polar surface area (TPSA) is 93.9 Å². The van der Waals surface area contributed by atoms with E-state index in [0.717, 1.165) is 37.1 Å². The SMILES string of the molecule is NC(=O)C1CCCN(Cc2ccc(NC(=O)/C=C/c3cc(Cl)c4c(c3)OCCO4)cc2)C1. The summed E-state index contributed by atoms with van der Waals surface area (Å²) >= 11 is 6.23. The highest BCUT2D eigenvalue weighted by Gasteiger charge is 2.23. The fourth-order valence-corrected chi connectivity index (χ4v) is 4.24. The number of primary amides is 1. The molecule has 8 heteroatoms. The number of ether oxygens (including phenoxy) is 2. The molecule has 2 aliphatic rings. The zero-order valence-electron chi connectivity index (χ0n) is 17.7. The van der Waals surface area contributed by atoms with Crippen molar-refractivity contribution in [3.63, 3.8) is 0 Å². The number of nitrogens with zero attached hydrogens (tertiary/aromatic N) is 1. The van der Waals surface area contributed by atoms with E-state index in [1.807, 2.05) is 24.3 Å². The average Bonchev–Trinajstić information content (AvgIpc) is 2.79. The molecule has 0 spiro atoms. The zero-order chi connectivity index (χ0) is 22.5. The van der Waals surface area contributed by atoms with Crippen molar-refractivity contribution in [2.75, 3.05) is 31.6 Å². The number of likely N-dealkylation sites (tertiary alicyclic amines) is 1. The van der Waals surface area contributed by atoms with Crippen molar-refractivity contribution in [3.05, 3.63) is 58.6 Å². The van der Waals surface area contributed by atoms with E-state index in [0.29, 0.717) is 42.0 Å². The van der Waals surface area contributed by atoms with E-state index in [1.54, 1.807) is 18.2 Å². The number of carbonyl (C=O) groups is 2. The van der Waals surface area contributed by atoms with Crippen LogP contribution in [0.25, 0.3) is 6.08 Å². The Bertz CT molecular complexity index is 1020. The van der Waals surface area contributed by atoms with Crippen molar-refractivity contribution in [1.29, 1.82) is 0 Å². The molecule has 2 aromatic rings. The van der Waals surface area contributed by atoms with E-state index >= 15 is 0 Å². The molecule has 0 aliphatic carbocycles. The van der Waals surface area contributed by atoms with Gasteiger partial charge in [-0.15, -0.1) is 0 Å². The first kappa shape index (κ1) is 22.2. The fourth-order valence-electron chi connectivity index (χ4n) is 3.97. The monoisotopic (exact) mass is 455 g/mol. The lowest BCUT2D eigenvalue weighted by molar-refractivity contribution is -0.123. The number of amides is 2. The van der Waals surface area contributed by atoms with Crippen molar-refractivity contribution in [1.82, 2.24) is 4.90 Å². The van der Waals surface area contributed by atoms with Gasteiger partial charge in [-0.2, -0.15) is 0 Å². The van der Waals surface area contributed by atoms with Gasteiger partial charge in [-0.25, -0.2) is 0 Å². The highest BCUT2D eigenvalue weighted by molar-refractivity contribution is 6.32. The minimum absolute atomic E-state index is 0.0711. The summed E-state index contributed by atoms with van der Waals surface area (Å²) in [5, 5.41) is 3.30. The molecule has 2 aromatic carbocycles. The standard InChI is InChI=1S/C24H26ClN3O4/c25-20-12-17(13-21-23(20)32-11-10-31-21)5-8-22(29)27-19-6-3-16(4-7-19)14-28-9-1-2-18(15-28)24(26)30/h3-8,12-13,18H,1-2,9-11,14-15H2,(H2,26,30)(H,27,29)/b8-5+. The van der Waals surface area contributed by atoms with Crippen LogP contribution in [0.5, 0.6) is 11.5 Å². The van der Waals surface area contributed by atoms with Gasteiger partial charge >= 0.3 is 0 Å². The quantitative estimate of drug-likeness (QED) is 0.650. The summed E-state index contributed by atoms with van der Waals surface area (Å²) in [5.41, 5.74) is 8.03. The third-order valence-corrected chi connectivity index (χ3v) is 5.86. The lowest BCUT2D eigenvalue weighted by Crippen LogP contribution is -2.40. The molecule has 0 bridgehead atoms. The predicted octanol–water partition coefficient (Wildman–Crippen LogP) is 3.46. The smallest absolute Gasteiger partial charge is 0.248 e. The molecule has 7 nitrogen and oxygen atoms in total. The number of hydrogen-bond donors (Lipinski definition) is 2. The number of anilines is 1. The van der Waals surface area contributed by atoms with E-state index in [4.69, 9.17) is 26.8 Å². The fraction of sp³-hybridized carbons (Fsp3) is 0.333. The minimum atomic E-state index is -0.246. The number of benzene rings is 2. The van der Waals surface area contributed by atoms with Crippen LogP contribution in [0.4, 0.5) is 5.69 Å². The summed E-state index contributed by atoms with van der Waals surface area (Å²) in [5.74, 6) is 0.575. The molecule has 2 heterocycles. The van der Waals surface area contributed by atoms with Gasteiger partial charge in [-0.1, -0.05) is 23.7 Å². The van der Waals surface area contributed by atoms with E-state index in [9.17, 15) is 9.59 Å². The molecule has 1 fully saturated rings. The van der Waals surface area contributed by atoms with Crippen LogP contribution in [0.2, 0.25) is 5.02 Å². The van der Waals surface area contributed by atoms with Crippen LogP contribution in [0.3, 0.4) is 0 Å². The maximum Gasteiger partial charge on any atom is 0.248 e. The number of nitrogens with one attached hydrogen (secondary N) is 1. The van der Waals surface area contributed by atoms with Gasteiger partial charge in [-0.05, 0) is 60.9 Å². The number of fused-ring (bicyclic) bond motifs is 1. The van der Waals surface area contributed by atoms with Crippen molar-refractivity contribution in [2.45, 2.75) is 19.4 Å². The largest absolute Gasteiger partial charge is 0.486 e. The van der Waals surface area contributed by atoms with Gasteiger partial charge in [0.05, 0.1) is 10.9 Å². The molecule has 2 aliphatic heterocycles. The van der Waals surface area contributed by atoms with Crippen molar-refractivity contribution in [3.8, 4) is 11.5 Å². The number of nitrogens with two attached hydrogens (primary N) is 1. The van der Waals surface area contributed by atoms with Crippen LogP contribution in [-0.2, 0) is 16.1 Å². The first-order valence-electron chi connectivity index (χ1n) is 10.7. The molecule has 168 valence electrons. The van der Waals surface area contributed by atoms with E-state index in [2.05, 4.69) is 10.2 Å². The third kappa shape index (κ3) is 5.60. The summed E-state index contributed by atoms with van der Waals surface area (Å²) < 4.78 is 11.1. The second-order valence-corrected chi connectivity index (χ2v) is 8.43. The van der Waals surface area contributed by atoms with Gasteiger partial charge < -0.3 is 20.5 Å². The molecular weight excluding hydrogens is 430 g/mol. The summed E-state index contributed by atoms with van der Waals surface area (Å²) in [6, 6.07) is 11.2. The normalized spacial score (nSPS) is 18.5. The van der Waals surface area contributed by atoms with Crippen LogP contribution < -0.4 is 20.5 Å². The number of carbonyl (C=O) groups excluding carboxylic acids is 2. The molecule has 3 N–H and O–H groups in total. The Morgan fingerprint density at radius 1 is 1.19 bits per heavy atom. The molecule has 0 saturated carbocycles. The Hall–Kier alpha value is -3.03. The Morgan fingerprint density at radius 3 is 2.75 bits per heavy atom. The number of rotatable bonds is 6. The predicted molar refractivity (Wildman–Crippen MR) is 124 cm³/mol. The van der Waals surface area contributed by atoms with Crippen molar-refractivity contribution >= 4 is 35.2 Å². The summed E-state index contributed by atoms with van der Waals surface area (Å²) in [6.45, 7) is 3.34. The van der Waals surface area contributed by atoms with Gasteiger partial charge in [0.15, 0.2) is 11.5 Å². The summed E-state index contributed by atoms with van der Waals surface area (Å²) in [6.07, 6.45) is 4.97. The second kappa shape index (κ2) is 10.1. The van der Waals surface area contributed by atoms with Crippen LogP contribution in [0.1, 0.15) is 24.0 Å². The Morgan fingerprint density at radius 2 is 1.97 bits per heavy atom. The maximum atomic E-state index is 12.3. The highest BCUT2D eigenvalue weighted by Crippen LogP contribution is 2.38. The highest BCUT2D eigenvalue weighted by atomic mass is 35.5. The number of hydrogen-bond acceptors (Lipinski definition) is 5. The second-order valence-electron chi connectivity index (χ2n) is 8.02. The molecule has 4 rings (SSSR count). The van der Waals surface area contributed by atoms with Crippen LogP contribution in [0.15, 0.2) is 42.5 Å². The Kier molecular flexibility index (Phi) is 6.97. The van der Waals surface area contributed by atoms with Crippen LogP contribution in [0, 0.1) is 5.92 Å². The molecule has 0 aromatic heterocycles. The van der Waals surface area contributed by atoms with Crippen LogP contribution >= 0.6 is 11.6 Å². The van der Waals surface area contributed by atoms with E-state index in [-0.39, 0.29) is 17.7 Å². The number of halogens is 1. The van der Waals surface area contributed by atoms with Gasteiger partial charge in [0.25, 0.3) is 0 Å². The molecule has 0 radical (unpaired) electrons. The van der Waals surface area contributed by atoms with Gasteiger partial charge in [0, 0.05) is 24.9 Å². The van der Waals surface area contributed by atoms with Gasteiger partial charge in [0.1, 0.15) is 13.2 Å². The van der Waals surface area contributed by atoms with Crippen molar-refractivity contribution in [2.24, 2.45) is 11.7 Å². The van der Waals surface area contributed by atoms with Crippen LogP contribution in [-0.4, -0.2) is 43.0 Å². The van der Waals surface area contributed by atoms with Gasteiger partial charge in [0.2, 0.25) is 11.8 Å². The van der Waals surface area contributed by atoms with E-state index < -0.39 is 0 Å². The van der Waals surface area contributed by atoms with Crippen molar-refractivity contribution < 1.29 is 19.1 Å². The third-order valence-electron chi connectivity index (χ3n) is 5.58. The number of piperidine rings is 1. The molecule has 2 amide bonds. The zero-order valence-corrected chi connectivity index (χ0v) is 18.4. The maximum absolute atomic E-state index is 12.3. The summed E-state index contributed by atoms with van der Waals surface area (Å²) in [7, 11) is 0.